The number of hydrogen-bond donors (Lipinski definition) is 1. The van der Waals surface area contributed by atoms with Crippen LogP contribution in [0.25, 0.3) is 0 Å². The molecule has 0 atom stereocenters. The number of carbonyl (C=O) groups is 3. The average Bonchev–Trinajstić information content (AvgIpc) is 3.47. The van der Waals surface area contributed by atoms with Crippen molar-refractivity contribution >= 4 is 61.5 Å². The van der Waals surface area contributed by atoms with Crippen LogP contribution in [-0.2, 0) is 30.8 Å². The van der Waals surface area contributed by atoms with Gasteiger partial charge < -0.3 is 19.5 Å². The van der Waals surface area contributed by atoms with Crippen LogP contribution in [0.5, 0.6) is 5.75 Å². The van der Waals surface area contributed by atoms with Crippen molar-refractivity contribution in [2.24, 2.45) is 0 Å². The van der Waals surface area contributed by atoms with Gasteiger partial charge in [-0.3, -0.25) is 9.10 Å². The lowest BCUT2D eigenvalue weighted by Gasteiger charge is -2.25. The molecule has 13 heteroatoms. The van der Waals surface area contributed by atoms with E-state index in [1.807, 2.05) is 19.9 Å². The van der Waals surface area contributed by atoms with Gasteiger partial charge in [0.15, 0.2) is 6.61 Å². The highest BCUT2D eigenvalue weighted by atomic mass is 35.5. The molecule has 0 saturated carbocycles. The molecule has 0 aliphatic rings. The van der Waals surface area contributed by atoms with Gasteiger partial charge in [0, 0.05) is 4.88 Å². The summed E-state index contributed by atoms with van der Waals surface area (Å²) in [5, 5.41) is 2.78. The first-order valence-corrected chi connectivity index (χ1v) is 16.9. The molecule has 0 fully saturated rings. The number of nitrogens with zero attached hydrogens (tertiary/aromatic N) is 1. The number of sulfonamides is 1. The van der Waals surface area contributed by atoms with Gasteiger partial charge in [0.05, 0.1) is 42.1 Å². The Morgan fingerprint density at radius 1 is 0.935 bits per heavy atom. The topological polar surface area (TPSA) is 128 Å². The Labute approximate surface area is 276 Å². The summed E-state index contributed by atoms with van der Waals surface area (Å²) in [5.74, 6) is -1.56. The number of methoxy groups -OCH3 is 1. The molecule has 0 unspecified atom stereocenters. The molecule has 10 nitrogen and oxygen atoms in total. The summed E-state index contributed by atoms with van der Waals surface area (Å²) in [6.45, 7) is 5.04. The van der Waals surface area contributed by atoms with Crippen molar-refractivity contribution in [1.29, 1.82) is 0 Å². The van der Waals surface area contributed by atoms with Crippen LogP contribution in [-0.4, -0.2) is 46.6 Å². The normalized spacial score (nSPS) is 11.2. The van der Waals surface area contributed by atoms with Crippen LogP contribution in [0.15, 0.2) is 83.8 Å². The molecule has 0 saturated heterocycles. The molecule has 1 N–H and O–H groups in total. The van der Waals surface area contributed by atoms with E-state index >= 15 is 0 Å². The Bertz CT molecular complexity index is 1810. The summed E-state index contributed by atoms with van der Waals surface area (Å²) in [5.41, 5.74) is 1.15. The summed E-state index contributed by atoms with van der Waals surface area (Å²) in [6, 6.07) is 20.9. The van der Waals surface area contributed by atoms with E-state index in [2.05, 4.69) is 5.32 Å². The number of nitrogens with one attached hydrogen (secondary N) is 1. The van der Waals surface area contributed by atoms with Crippen molar-refractivity contribution in [3.8, 4) is 5.75 Å². The highest BCUT2D eigenvalue weighted by Gasteiger charge is 2.29. The average molecular weight is 685 g/mol. The maximum atomic E-state index is 14.1. The largest absolute Gasteiger partial charge is 0.497 e. The monoisotopic (exact) mass is 684 g/mol. The molecule has 4 aromatic rings. The Kier molecular flexibility index (Phi) is 11.4. The zero-order valence-electron chi connectivity index (χ0n) is 25.6. The van der Waals surface area contributed by atoms with Crippen LogP contribution in [0.1, 0.15) is 57.8 Å². The molecule has 3 aromatic carbocycles. The Balaban J connectivity index is 1.55. The fourth-order valence-corrected chi connectivity index (χ4v) is 7.31. The lowest BCUT2D eigenvalue weighted by molar-refractivity contribution is -0.119. The van der Waals surface area contributed by atoms with E-state index in [9.17, 15) is 22.8 Å². The fourth-order valence-electron chi connectivity index (χ4n) is 4.28. The third-order valence-corrected chi connectivity index (χ3v) is 10.3. The van der Waals surface area contributed by atoms with E-state index in [4.69, 9.17) is 25.8 Å². The van der Waals surface area contributed by atoms with Gasteiger partial charge in [0.1, 0.15) is 15.6 Å². The van der Waals surface area contributed by atoms with Gasteiger partial charge in [-0.25, -0.2) is 18.0 Å². The van der Waals surface area contributed by atoms with Crippen molar-refractivity contribution in [1.82, 2.24) is 0 Å². The van der Waals surface area contributed by atoms with Gasteiger partial charge in [-0.15, -0.1) is 11.3 Å². The molecule has 242 valence electrons. The van der Waals surface area contributed by atoms with Crippen LogP contribution in [0.3, 0.4) is 0 Å². The van der Waals surface area contributed by atoms with Crippen molar-refractivity contribution in [3.63, 3.8) is 0 Å². The van der Waals surface area contributed by atoms with E-state index in [0.717, 1.165) is 16.5 Å². The summed E-state index contributed by atoms with van der Waals surface area (Å²) in [4.78, 5) is 38.7. The van der Waals surface area contributed by atoms with Crippen molar-refractivity contribution < 1.29 is 37.0 Å². The molecular weight excluding hydrogens is 652 g/mol. The van der Waals surface area contributed by atoms with Crippen molar-refractivity contribution in [2.45, 2.75) is 38.1 Å². The lowest BCUT2D eigenvalue weighted by atomic mass is 10.1. The SMILES string of the molecule is CCOC(=O)c1cc(C(C)C)sc1NC(=O)COC(=O)c1ccc(Cl)c(S(=O)(=O)N(Cc2ccccc2)c2ccc(OC)cc2)c1. The minimum atomic E-state index is -4.32. The summed E-state index contributed by atoms with van der Waals surface area (Å²) < 4.78 is 44.9. The standard InChI is InChI=1S/C33H33ClN2O8S2/c1-5-43-33(39)26-18-28(21(2)3)45-31(26)35-30(37)20-44-32(38)23-11-16-27(34)29(17-23)46(40,41)36(19-22-9-7-6-8-10-22)24-12-14-25(42-4)15-13-24/h6-18,21H,5,19-20H2,1-4H3,(H,35,37). The van der Waals surface area contributed by atoms with Gasteiger partial charge >= 0.3 is 11.9 Å². The summed E-state index contributed by atoms with van der Waals surface area (Å²) in [6.07, 6.45) is 0. The van der Waals surface area contributed by atoms with Gasteiger partial charge in [-0.1, -0.05) is 55.8 Å². The summed E-state index contributed by atoms with van der Waals surface area (Å²) >= 11 is 7.62. The van der Waals surface area contributed by atoms with Crippen LogP contribution < -0.4 is 14.4 Å². The Morgan fingerprint density at radius 2 is 1.63 bits per heavy atom. The number of thiophene rings is 1. The Hall–Kier alpha value is -4.39. The van der Waals surface area contributed by atoms with Gasteiger partial charge in [-0.05, 0) is 66.9 Å². The van der Waals surface area contributed by atoms with E-state index in [0.29, 0.717) is 11.4 Å². The third kappa shape index (κ3) is 8.25. The maximum absolute atomic E-state index is 14.1. The first kappa shape index (κ1) is 34.5. The molecule has 1 aromatic heterocycles. The number of anilines is 2. The molecule has 1 heterocycles. The van der Waals surface area contributed by atoms with Gasteiger partial charge in [0.25, 0.3) is 15.9 Å². The first-order chi connectivity index (χ1) is 21.9. The second-order valence-electron chi connectivity index (χ2n) is 10.2. The molecule has 0 aliphatic carbocycles. The Morgan fingerprint density at radius 3 is 2.26 bits per heavy atom. The molecule has 0 bridgehead atoms. The molecule has 46 heavy (non-hydrogen) atoms. The van der Waals surface area contributed by atoms with Crippen molar-refractivity contribution in [3.05, 3.63) is 105 Å². The van der Waals surface area contributed by atoms with Crippen molar-refractivity contribution in [2.75, 3.05) is 29.9 Å². The van der Waals surface area contributed by atoms with Crippen LogP contribution >= 0.6 is 22.9 Å². The highest BCUT2D eigenvalue weighted by Crippen LogP contribution is 2.34. The second-order valence-corrected chi connectivity index (χ2v) is 13.6. The van der Waals surface area contributed by atoms with Crippen LogP contribution in [0.4, 0.5) is 10.7 Å². The zero-order valence-corrected chi connectivity index (χ0v) is 28.0. The minimum Gasteiger partial charge on any atom is -0.497 e. The number of hydrogen-bond acceptors (Lipinski definition) is 9. The smallest absolute Gasteiger partial charge is 0.341 e. The molecule has 0 radical (unpaired) electrons. The van der Waals surface area contributed by atoms with E-state index < -0.39 is 34.5 Å². The molecular formula is C33H33ClN2O8S2. The maximum Gasteiger partial charge on any atom is 0.341 e. The highest BCUT2D eigenvalue weighted by molar-refractivity contribution is 7.93. The van der Waals surface area contributed by atoms with E-state index in [1.54, 1.807) is 61.5 Å². The van der Waals surface area contributed by atoms with E-state index in [1.165, 1.54) is 34.9 Å². The predicted molar refractivity (Wildman–Crippen MR) is 178 cm³/mol. The summed E-state index contributed by atoms with van der Waals surface area (Å²) in [7, 11) is -2.82. The third-order valence-electron chi connectivity index (χ3n) is 6.67. The van der Waals surface area contributed by atoms with Crippen LogP contribution in [0, 0.1) is 0 Å². The first-order valence-electron chi connectivity index (χ1n) is 14.2. The second kappa shape index (κ2) is 15.3. The number of halogens is 1. The number of esters is 2. The number of rotatable bonds is 13. The quantitative estimate of drug-likeness (QED) is 0.151. The van der Waals surface area contributed by atoms with Gasteiger partial charge in [-0.2, -0.15) is 0 Å². The fraction of sp³-hybridized carbons (Fsp3) is 0.242. The number of carbonyl (C=O) groups excluding carboxylic acids is 3. The van der Waals surface area contributed by atoms with Gasteiger partial charge in [0.2, 0.25) is 0 Å². The predicted octanol–water partition coefficient (Wildman–Crippen LogP) is 6.90. The lowest BCUT2D eigenvalue weighted by Crippen LogP contribution is -2.31. The zero-order chi connectivity index (χ0) is 33.4. The molecule has 0 aliphatic heterocycles. The van der Waals surface area contributed by atoms with Crippen LogP contribution in [0.2, 0.25) is 5.02 Å². The number of amides is 1. The number of benzene rings is 3. The minimum absolute atomic E-state index is 0.0181. The van der Waals surface area contributed by atoms with E-state index in [-0.39, 0.29) is 45.1 Å². The molecule has 1 amide bonds. The number of ether oxygens (including phenoxy) is 3. The molecule has 0 spiro atoms. The molecule has 4 rings (SSSR count).